The van der Waals surface area contributed by atoms with Crippen molar-refractivity contribution in [1.29, 1.82) is 0 Å². The van der Waals surface area contributed by atoms with Crippen molar-refractivity contribution in [2.75, 3.05) is 0 Å². The molecule has 0 fully saturated rings. The number of rotatable bonds is 1. The van der Waals surface area contributed by atoms with Crippen LogP contribution in [-0.2, 0) is 18.2 Å². The Morgan fingerprint density at radius 2 is 1.47 bits per heavy atom. The van der Waals surface area contributed by atoms with E-state index >= 15 is 0 Å². The zero-order valence-corrected chi connectivity index (χ0v) is 9.40. The first-order chi connectivity index (χ1) is 7.59. The summed E-state index contributed by atoms with van der Waals surface area (Å²) >= 11 is 10.4. The maximum absolute atomic E-state index is 12.6. The van der Waals surface area contributed by atoms with Gasteiger partial charge in [0.25, 0.3) is 0 Å². The first-order valence-corrected chi connectivity index (χ1v) is 5.02. The molecule has 0 aliphatic carbocycles. The maximum Gasteiger partial charge on any atom is 0.418 e. The van der Waals surface area contributed by atoms with Crippen LogP contribution in [0.25, 0.3) is 0 Å². The van der Waals surface area contributed by atoms with Crippen LogP contribution in [0.5, 0.6) is 0 Å². The lowest BCUT2D eigenvalue weighted by molar-refractivity contribution is -0.143. The average Bonchev–Trinajstić information content (AvgIpc) is 2.12. The molecule has 0 unspecified atom stereocenters. The standard InChI is InChI=1S/C9H4Cl2F6/c10-3-4-1-2-5(8(12,13)14)7(11)6(4)9(15,16)17/h1-2H,3H2. The Kier molecular flexibility index (Phi) is 3.88. The van der Waals surface area contributed by atoms with Gasteiger partial charge >= 0.3 is 12.4 Å². The Labute approximate surface area is 102 Å². The SMILES string of the molecule is FC(F)(F)c1ccc(CCl)c(C(F)(F)F)c1Cl. The Balaban J connectivity index is 3.55. The second-order valence-electron chi connectivity index (χ2n) is 3.09. The van der Waals surface area contributed by atoms with Crippen molar-refractivity contribution >= 4 is 23.2 Å². The van der Waals surface area contributed by atoms with E-state index in [-0.39, 0.29) is 0 Å². The van der Waals surface area contributed by atoms with Gasteiger partial charge in [0, 0.05) is 5.88 Å². The first-order valence-electron chi connectivity index (χ1n) is 4.10. The molecule has 17 heavy (non-hydrogen) atoms. The predicted octanol–water partition coefficient (Wildman–Crippen LogP) is 5.12. The van der Waals surface area contributed by atoms with E-state index in [0.29, 0.717) is 12.1 Å². The molecule has 0 aliphatic heterocycles. The number of benzene rings is 1. The number of halogens is 8. The minimum absolute atomic E-state index is 0.481. The summed E-state index contributed by atoms with van der Waals surface area (Å²) < 4.78 is 74.8. The second kappa shape index (κ2) is 4.57. The summed E-state index contributed by atoms with van der Waals surface area (Å²) in [5, 5.41) is -1.37. The summed E-state index contributed by atoms with van der Waals surface area (Å²) in [5.41, 5.74) is -3.55. The fourth-order valence-corrected chi connectivity index (χ4v) is 1.87. The van der Waals surface area contributed by atoms with Crippen molar-refractivity contribution in [2.24, 2.45) is 0 Å². The molecule has 0 atom stereocenters. The van der Waals surface area contributed by atoms with Crippen LogP contribution in [0.4, 0.5) is 26.3 Å². The van der Waals surface area contributed by atoms with E-state index in [2.05, 4.69) is 0 Å². The Bertz CT molecular complexity index is 421. The summed E-state index contributed by atoms with van der Waals surface area (Å²) in [7, 11) is 0. The highest BCUT2D eigenvalue weighted by molar-refractivity contribution is 6.32. The van der Waals surface area contributed by atoms with E-state index in [1.807, 2.05) is 0 Å². The third-order valence-corrected chi connectivity index (χ3v) is 2.64. The molecule has 0 bridgehead atoms. The van der Waals surface area contributed by atoms with Crippen LogP contribution >= 0.6 is 23.2 Å². The third-order valence-electron chi connectivity index (χ3n) is 1.96. The van der Waals surface area contributed by atoms with Gasteiger partial charge in [-0.2, -0.15) is 26.3 Å². The molecule has 1 aromatic carbocycles. The van der Waals surface area contributed by atoms with Gasteiger partial charge < -0.3 is 0 Å². The molecule has 0 spiro atoms. The van der Waals surface area contributed by atoms with Crippen LogP contribution in [0.1, 0.15) is 16.7 Å². The van der Waals surface area contributed by atoms with E-state index in [1.54, 1.807) is 0 Å². The summed E-state index contributed by atoms with van der Waals surface area (Å²) in [4.78, 5) is 0. The molecule has 1 aromatic rings. The minimum Gasteiger partial charge on any atom is -0.166 e. The molecule has 0 radical (unpaired) electrons. The topological polar surface area (TPSA) is 0 Å². The lowest BCUT2D eigenvalue weighted by Crippen LogP contribution is -2.14. The smallest absolute Gasteiger partial charge is 0.166 e. The molecule has 0 aliphatic rings. The van der Waals surface area contributed by atoms with Crippen molar-refractivity contribution in [3.05, 3.63) is 33.8 Å². The molecule has 0 aromatic heterocycles. The van der Waals surface area contributed by atoms with Gasteiger partial charge in [0.05, 0.1) is 16.1 Å². The van der Waals surface area contributed by atoms with Crippen LogP contribution in [0.2, 0.25) is 5.02 Å². The van der Waals surface area contributed by atoms with Gasteiger partial charge in [-0.05, 0) is 11.6 Å². The Morgan fingerprint density at radius 3 is 1.82 bits per heavy atom. The lowest BCUT2D eigenvalue weighted by atomic mass is 10.0. The van der Waals surface area contributed by atoms with Gasteiger partial charge in [0.2, 0.25) is 0 Å². The van der Waals surface area contributed by atoms with E-state index in [1.165, 1.54) is 0 Å². The summed E-state index contributed by atoms with van der Waals surface area (Å²) in [6.07, 6.45) is -9.93. The van der Waals surface area contributed by atoms with Crippen LogP contribution < -0.4 is 0 Å². The van der Waals surface area contributed by atoms with Gasteiger partial charge in [-0.15, -0.1) is 11.6 Å². The van der Waals surface area contributed by atoms with Crippen molar-refractivity contribution < 1.29 is 26.3 Å². The van der Waals surface area contributed by atoms with Crippen molar-refractivity contribution in [2.45, 2.75) is 18.2 Å². The minimum atomic E-state index is -4.98. The summed E-state index contributed by atoms with van der Waals surface area (Å²) in [6.45, 7) is 0. The zero-order valence-electron chi connectivity index (χ0n) is 7.89. The van der Waals surface area contributed by atoms with Crippen LogP contribution in [-0.4, -0.2) is 0 Å². The van der Waals surface area contributed by atoms with Crippen molar-refractivity contribution in [3.63, 3.8) is 0 Å². The average molecular weight is 297 g/mol. The molecule has 1 rings (SSSR count). The molecule has 0 heterocycles. The predicted molar refractivity (Wildman–Crippen MR) is 51.0 cm³/mol. The fraction of sp³-hybridized carbons (Fsp3) is 0.333. The number of alkyl halides is 7. The Morgan fingerprint density at radius 1 is 0.941 bits per heavy atom. The van der Waals surface area contributed by atoms with Gasteiger partial charge in [0.1, 0.15) is 0 Å². The maximum atomic E-state index is 12.6. The molecule has 8 heteroatoms. The first kappa shape index (κ1) is 14.4. The van der Waals surface area contributed by atoms with E-state index < -0.39 is 39.9 Å². The molecular formula is C9H4Cl2F6. The van der Waals surface area contributed by atoms with Crippen LogP contribution in [0, 0.1) is 0 Å². The second-order valence-corrected chi connectivity index (χ2v) is 3.74. The molecule has 0 N–H and O–H groups in total. The fourth-order valence-electron chi connectivity index (χ4n) is 1.25. The molecular weight excluding hydrogens is 293 g/mol. The highest BCUT2D eigenvalue weighted by atomic mass is 35.5. The van der Waals surface area contributed by atoms with Crippen LogP contribution in [0.15, 0.2) is 12.1 Å². The molecule has 0 nitrogen and oxygen atoms in total. The third kappa shape index (κ3) is 2.98. The quantitative estimate of drug-likeness (QED) is 0.499. The molecule has 0 amide bonds. The highest BCUT2D eigenvalue weighted by Gasteiger charge is 2.41. The lowest BCUT2D eigenvalue weighted by Gasteiger charge is -2.17. The van der Waals surface area contributed by atoms with E-state index in [9.17, 15) is 26.3 Å². The molecule has 0 saturated heterocycles. The van der Waals surface area contributed by atoms with E-state index in [4.69, 9.17) is 23.2 Å². The highest BCUT2D eigenvalue weighted by Crippen LogP contribution is 2.44. The van der Waals surface area contributed by atoms with Gasteiger partial charge in [-0.25, -0.2) is 0 Å². The molecule has 0 saturated carbocycles. The molecule has 96 valence electrons. The summed E-state index contributed by atoms with van der Waals surface area (Å²) in [6, 6.07) is 1.15. The monoisotopic (exact) mass is 296 g/mol. The van der Waals surface area contributed by atoms with Gasteiger partial charge in [0.15, 0.2) is 0 Å². The van der Waals surface area contributed by atoms with Gasteiger partial charge in [-0.1, -0.05) is 17.7 Å². The Hall–Kier alpha value is -0.620. The summed E-state index contributed by atoms with van der Waals surface area (Å²) in [5.74, 6) is -0.577. The zero-order chi connectivity index (χ0) is 13.4. The van der Waals surface area contributed by atoms with Crippen molar-refractivity contribution in [1.82, 2.24) is 0 Å². The van der Waals surface area contributed by atoms with Crippen LogP contribution in [0.3, 0.4) is 0 Å². The number of hydrogen-bond donors (Lipinski definition) is 0. The van der Waals surface area contributed by atoms with Gasteiger partial charge in [-0.3, -0.25) is 0 Å². The largest absolute Gasteiger partial charge is 0.418 e. The normalized spacial score (nSPS) is 12.9. The number of hydrogen-bond acceptors (Lipinski definition) is 0. The van der Waals surface area contributed by atoms with Crippen molar-refractivity contribution in [3.8, 4) is 0 Å². The van der Waals surface area contributed by atoms with E-state index in [0.717, 1.165) is 0 Å².